The summed E-state index contributed by atoms with van der Waals surface area (Å²) in [5.41, 5.74) is 6.55. The summed E-state index contributed by atoms with van der Waals surface area (Å²) in [7, 11) is 0. The van der Waals surface area contributed by atoms with Crippen LogP contribution in [0.4, 0.5) is 19.0 Å². The van der Waals surface area contributed by atoms with Crippen LogP contribution in [0.1, 0.15) is 11.8 Å². The number of hydrogen-bond acceptors (Lipinski definition) is 9. The van der Waals surface area contributed by atoms with E-state index < -0.39 is 43.2 Å². The maximum atomic E-state index is 12.1. The highest BCUT2D eigenvalue weighted by molar-refractivity contribution is 5.92. The Balaban J connectivity index is 1.70. The zero-order valence-corrected chi connectivity index (χ0v) is 16.4. The summed E-state index contributed by atoms with van der Waals surface area (Å²) in [5.74, 6) is 3.48. The van der Waals surface area contributed by atoms with Crippen molar-refractivity contribution in [3.63, 3.8) is 0 Å². The molecule has 0 spiro atoms. The fourth-order valence-corrected chi connectivity index (χ4v) is 3.10. The van der Waals surface area contributed by atoms with E-state index in [1.807, 2.05) is 0 Å². The van der Waals surface area contributed by atoms with Crippen molar-refractivity contribution < 1.29 is 42.8 Å². The van der Waals surface area contributed by atoms with Crippen molar-refractivity contribution in [2.45, 2.75) is 30.7 Å². The third-order valence-corrected chi connectivity index (χ3v) is 4.62. The third-order valence-electron chi connectivity index (χ3n) is 4.62. The smallest absolute Gasteiger partial charge is 0.394 e. The number of ether oxygens (including phenoxy) is 2. The van der Waals surface area contributed by atoms with Crippen molar-refractivity contribution in [2.75, 3.05) is 32.1 Å². The van der Waals surface area contributed by atoms with Crippen LogP contribution in [0.2, 0.25) is 0 Å². The second-order valence-corrected chi connectivity index (χ2v) is 6.74. The average Bonchev–Trinajstić information content (AvgIpc) is 3.25. The number of amides is 1. The molecule has 11 nitrogen and oxygen atoms in total. The monoisotopic (exact) mass is 459 g/mol. The lowest BCUT2D eigenvalue weighted by molar-refractivity contribution is -0.173. The number of nitrogens with zero attached hydrogens (tertiary/aromatic N) is 3. The van der Waals surface area contributed by atoms with E-state index >= 15 is 0 Å². The van der Waals surface area contributed by atoms with Gasteiger partial charge < -0.3 is 40.4 Å². The maximum absolute atomic E-state index is 12.1. The molecule has 6 N–H and O–H groups in total. The number of rotatable bonds is 6. The van der Waals surface area contributed by atoms with Gasteiger partial charge in [-0.25, -0.2) is 9.97 Å². The van der Waals surface area contributed by atoms with Crippen LogP contribution in [0.15, 0.2) is 12.5 Å². The second kappa shape index (κ2) is 9.67. The number of halogens is 3. The molecule has 0 radical (unpaired) electrons. The van der Waals surface area contributed by atoms with E-state index in [1.54, 1.807) is 5.32 Å². The van der Waals surface area contributed by atoms with E-state index in [2.05, 4.69) is 21.8 Å². The van der Waals surface area contributed by atoms with Gasteiger partial charge in [0, 0.05) is 12.7 Å². The number of aliphatic hydroxyl groups is 3. The highest BCUT2D eigenvalue weighted by Gasteiger charge is 2.44. The van der Waals surface area contributed by atoms with E-state index in [0.29, 0.717) is 10.9 Å². The molecule has 3 heterocycles. The molecule has 1 saturated heterocycles. The van der Waals surface area contributed by atoms with Gasteiger partial charge in [-0.2, -0.15) is 13.2 Å². The molecule has 0 aromatic carbocycles. The van der Waals surface area contributed by atoms with Gasteiger partial charge in [-0.1, -0.05) is 11.8 Å². The minimum absolute atomic E-state index is 0.0978. The molecule has 4 atom stereocenters. The molecule has 1 fully saturated rings. The number of aliphatic hydroxyl groups excluding tert-OH is 3. The first-order valence-corrected chi connectivity index (χ1v) is 9.30. The first-order valence-electron chi connectivity index (χ1n) is 9.30. The van der Waals surface area contributed by atoms with Crippen LogP contribution in [0.25, 0.3) is 11.0 Å². The molecular formula is C18H20F3N5O6. The number of nitrogen functional groups attached to an aromatic ring is 1. The van der Waals surface area contributed by atoms with Crippen LogP contribution >= 0.6 is 0 Å². The van der Waals surface area contributed by atoms with Gasteiger partial charge in [0.2, 0.25) is 0 Å². The van der Waals surface area contributed by atoms with Crippen LogP contribution in [-0.2, 0) is 14.3 Å². The minimum Gasteiger partial charge on any atom is -0.394 e. The second-order valence-electron chi connectivity index (χ2n) is 6.74. The Morgan fingerprint density at radius 2 is 2.09 bits per heavy atom. The normalized spacial score (nSPS) is 23.2. The minimum atomic E-state index is -4.96. The van der Waals surface area contributed by atoms with Gasteiger partial charge in [-0.15, -0.1) is 0 Å². The quantitative estimate of drug-likeness (QED) is 0.260. The number of nitrogens with one attached hydrogen (secondary N) is 1. The van der Waals surface area contributed by atoms with Crippen molar-refractivity contribution in [1.82, 2.24) is 19.9 Å². The number of aromatic nitrogens is 3. The first-order chi connectivity index (χ1) is 15.1. The van der Waals surface area contributed by atoms with E-state index in [-0.39, 0.29) is 31.2 Å². The number of anilines is 1. The van der Waals surface area contributed by atoms with Gasteiger partial charge in [-0.05, 0) is 0 Å². The molecule has 1 amide bonds. The number of carbonyl (C=O) groups excluding carboxylic acids is 1. The molecule has 2 aromatic heterocycles. The van der Waals surface area contributed by atoms with Crippen LogP contribution in [0.5, 0.6) is 0 Å². The molecule has 0 bridgehead atoms. The van der Waals surface area contributed by atoms with Crippen molar-refractivity contribution in [3.05, 3.63) is 18.1 Å². The topological polar surface area (TPSA) is 165 Å². The molecule has 1 aliphatic rings. The summed E-state index contributed by atoms with van der Waals surface area (Å²) < 4.78 is 48.2. The fraction of sp³-hybridized carbons (Fsp3) is 0.500. The Morgan fingerprint density at radius 1 is 1.34 bits per heavy atom. The van der Waals surface area contributed by atoms with Crippen molar-refractivity contribution in [1.29, 1.82) is 0 Å². The van der Waals surface area contributed by atoms with Crippen LogP contribution in [0.3, 0.4) is 0 Å². The SMILES string of the molecule is Nc1ncnc2c1c(C#CCOCCNC(=O)C(F)(F)F)cn2C1OC(CO)C(O)C1O. The Labute approximate surface area is 179 Å². The van der Waals surface area contributed by atoms with Gasteiger partial charge in [0.05, 0.1) is 24.2 Å². The standard InChI is InChI=1S/C18H20F3N5O6/c19-18(20,21)17(30)23-3-5-31-4-1-2-9-6-26(15-11(9)14(22)24-8-25-15)16-13(29)12(28)10(7-27)32-16/h6,8,10,12-13,16,27-29H,3-5,7H2,(H,23,30)(H2,22,24,25). The van der Waals surface area contributed by atoms with E-state index in [0.717, 1.165) is 0 Å². The van der Waals surface area contributed by atoms with Gasteiger partial charge in [-0.3, -0.25) is 4.79 Å². The maximum Gasteiger partial charge on any atom is 0.471 e. The summed E-state index contributed by atoms with van der Waals surface area (Å²) >= 11 is 0. The molecule has 2 aromatic rings. The predicted molar refractivity (Wildman–Crippen MR) is 102 cm³/mol. The third kappa shape index (κ3) is 4.92. The van der Waals surface area contributed by atoms with E-state index in [1.165, 1.54) is 17.1 Å². The van der Waals surface area contributed by atoms with Crippen molar-refractivity contribution in [2.24, 2.45) is 0 Å². The summed E-state index contributed by atoms with van der Waals surface area (Å²) in [4.78, 5) is 18.7. The number of alkyl halides is 3. The number of fused-ring (bicyclic) bond motifs is 1. The molecule has 0 aliphatic carbocycles. The summed E-state index contributed by atoms with van der Waals surface area (Å²) in [6.45, 7) is -1.19. The van der Waals surface area contributed by atoms with E-state index in [4.69, 9.17) is 15.2 Å². The van der Waals surface area contributed by atoms with Gasteiger partial charge in [0.1, 0.15) is 42.7 Å². The predicted octanol–water partition coefficient (Wildman–Crippen LogP) is -1.33. The number of carbonyl (C=O) groups is 1. The van der Waals surface area contributed by atoms with Crippen molar-refractivity contribution >= 4 is 22.8 Å². The molecule has 32 heavy (non-hydrogen) atoms. The van der Waals surface area contributed by atoms with Gasteiger partial charge in [0.15, 0.2) is 6.23 Å². The number of hydrogen-bond donors (Lipinski definition) is 5. The summed E-state index contributed by atoms with van der Waals surface area (Å²) in [5, 5.41) is 31.6. The largest absolute Gasteiger partial charge is 0.471 e. The van der Waals surface area contributed by atoms with E-state index in [9.17, 15) is 33.3 Å². The zero-order chi connectivity index (χ0) is 23.5. The lowest BCUT2D eigenvalue weighted by Crippen LogP contribution is -2.38. The molecule has 1 aliphatic heterocycles. The Hall–Kier alpha value is -2.96. The lowest BCUT2D eigenvalue weighted by atomic mass is 10.1. The average molecular weight is 459 g/mol. The van der Waals surface area contributed by atoms with Crippen molar-refractivity contribution in [3.8, 4) is 11.8 Å². The molecule has 0 saturated carbocycles. The van der Waals surface area contributed by atoms with Gasteiger partial charge >= 0.3 is 12.1 Å². The highest BCUT2D eigenvalue weighted by atomic mass is 19.4. The molecule has 4 unspecified atom stereocenters. The summed E-state index contributed by atoms with van der Waals surface area (Å²) in [6, 6.07) is 0. The summed E-state index contributed by atoms with van der Waals surface area (Å²) in [6.07, 6.45) is -7.01. The molecule has 174 valence electrons. The zero-order valence-electron chi connectivity index (χ0n) is 16.4. The Kier molecular flexibility index (Phi) is 7.16. The number of nitrogens with two attached hydrogens (primary N) is 1. The first kappa shape index (κ1) is 23.7. The Morgan fingerprint density at radius 3 is 2.75 bits per heavy atom. The highest BCUT2D eigenvalue weighted by Crippen LogP contribution is 2.34. The lowest BCUT2D eigenvalue weighted by Gasteiger charge is -2.17. The fourth-order valence-electron chi connectivity index (χ4n) is 3.10. The molecule has 3 rings (SSSR count). The van der Waals surface area contributed by atoms with Crippen LogP contribution in [0, 0.1) is 11.8 Å². The van der Waals surface area contributed by atoms with Gasteiger partial charge in [0.25, 0.3) is 0 Å². The van der Waals surface area contributed by atoms with Crippen LogP contribution < -0.4 is 11.1 Å². The molecule has 14 heteroatoms. The Bertz CT molecular complexity index is 1030. The van der Waals surface area contributed by atoms with Crippen LogP contribution in [-0.4, -0.2) is 86.6 Å². The molecular weight excluding hydrogens is 439 g/mol.